The van der Waals surface area contributed by atoms with Crippen LogP contribution in [0.3, 0.4) is 0 Å². The predicted molar refractivity (Wildman–Crippen MR) is 102 cm³/mol. The second-order valence-electron chi connectivity index (χ2n) is 6.02. The zero-order valence-corrected chi connectivity index (χ0v) is 15.6. The fourth-order valence-corrected chi connectivity index (χ4v) is 5.72. The Morgan fingerprint density at radius 3 is 2.88 bits per heavy atom. The second-order valence-corrected chi connectivity index (χ2v) is 8.37. The molecule has 0 amide bonds. The summed E-state index contributed by atoms with van der Waals surface area (Å²) in [6, 6.07) is 6.15. The average molecular weight is 394 g/mol. The van der Waals surface area contributed by atoms with Gasteiger partial charge in [-0.2, -0.15) is 0 Å². The van der Waals surface area contributed by atoms with Crippen molar-refractivity contribution in [2.24, 2.45) is 0 Å². The highest BCUT2D eigenvalue weighted by Crippen LogP contribution is 2.47. The fraction of sp³-hybridized carbons (Fsp3) is 0.353. The van der Waals surface area contributed by atoms with E-state index in [0.717, 1.165) is 10.6 Å². The molecule has 138 valence electrons. The standard InChI is InChI=1S/C17H18N2O5S2/c1-9-14(17(21)22)15(10-3-2-4-11(5-10)19(23)24)16-13(18-9)8-25-12(6-20)7-26-16/h2-5,12,15,18,20H,6-8H2,1H3,(H,21,22). The number of dihydropyridines is 1. The summed E-state index contributed by atoms with van der Waals surface area (Å²) in [5.74, 6) is -0.330. The minimum absolute atomic E-state index is 0.0535. The van der Waals surface area contributed by atoms with Crippen molar-refractivity contribution in [2.45, 2.75) is 18.1 Å². The van der Waals surface area contributed by atoms with E-state index in [0.29, 0.717) is 22.8 Å². The van der Waals surface area contributed by atoms with E-state index in [-0.39, 0.29) is 23.1 Å². The maximum atomic E-state index is 11.9. The van der Waals surface area contributed by atoms with Gasteiger partial charge >= 0.3 is 5.97 Å². The summed E-state index contributed by atoms with van der Waals surface area (Å²) in [5.41, 5.74) is 2.17. The Labute approximate surface area is 158 Å². The fourth-order valence-electron chi connectivity index (χ4n) is 3.11. The number of hydrogen-bond acceptors (Lipinski definition) is 7. The van der Waals surface area contributed by atoms with Gasteiger partial charge in [0.1, 0.15) is 0 Å². The number of non-ortho nitro benzene ring substituents is 1. The zero-order chi connectivity index (χ0) is 18.8. The number of aliphatic hydroxyl groups is 1. The number of aliphatic hydroxyl groups excluding tert-OH is 1. The third-order valence-electron chi connectivity index (χ3n) is 4.33. The molecule has 9 heteroatoms. The normalized spacial score (nSPS) is 23.2. The molecule has 3 N–H and O–H groups in total. The summed E-state index contributed by atoms with van der Waals surface area (Å²) in [6.45, 7) is 1.76. The van der Waals surface area contributed by atoms with Crippen LogP contribution in [0.25, 0.3) is 0 Å². The molecular weight excluding hydrogens is 376 g/mol. The van der Waals surface area contributed by atoms with E-state index in [1.54, 1.807) is 30.8 Å². The van der Waals surface area contributed by atoms with Crippen LogP contribution in [0.2, 0.25) is 0 Å². The number of aliphatic carboxylic acids is 1. The first kappa shape index (κ1) is 18.8. The Morgan fingerprint density at radius 1 is 1.46 bits per heavy atom. The Hall–Kier alpha value is -1.97. The second kappa shape index (κ2) is 7.73. The van der Waals surface area contributed by atoms with E-state index >= 15 is 0 Å². The molecule has 3 rings (SSSR count). The summed E-state index contributed by atoms with van der Waals surface area (Å²) in [7, 11) is 0. The molecule has 0 spiro atoms. The van der Waals surface area contributed by atoms with Gasteiger partial charge < -0.3 is 15.5 Å². The predicted octanol–water partition coefficient (Wildman–Crippen LogP) is 2.69. The van der Waals surface area contributed by atoms with Gasteiger partial charge in [0.2, 0.25) is 0 Å². The van der Waals surface area contributed by atoms with Crippen LogP contribution in [0.1, 0.15) is 18.4 Å². The largest absolute Gasteiger partial charge is 0.478 e. The molecule has 0 aromatic heterocycles. The molecule has 2 aliphatic rings. The highest BCUT2D eigenvalue weighted by molar-refractivity contribution is 8.06. The number of hydrogen-bond donors (Lipinski definition) is 3. The highest BCUT2D eigenvalue weighted by Gasteiger charge is 2.36. The summed E-state index contributed by atoms with van der Waals surface area (Å²) in [6.07, 6.45) is 0. The molecular formula is C17H18N2O5S2. The Bertz CT molecular complexity index is 821. The third-order valence-corrected chi connectivity index (χ3v) is 7.14. The molecule has 0 fully saturated rings. The topological polar surface area (TPSA) is 113 Å². The van der Waals surface area contributed by atoms with Gasteiger partial charge in [0, 0.05) is 45.2 Å². The van der Waals surface area contributed by atoms with Crippen molar-refractivity contribution in [3.8, 4) is 0 Å². The number of nitro benzene ring substituents is 1. The third kappa shape index (κ3) is 3.60. The summed E-state index contributed by atoms with van der Waals surface area (Å²) < 4.78 is 0. The number of carboxylic acids is 1. The van der Waals surface area contributed by atoms with Crippen molar-refractivity contribution in [1.82, 2.24) is 5.32 Å². The monoisotopic (exact) mass is 394 g/mol. The number of thioether (sulfide) groups is 2. The minimum atomic E-state index is -1.05. The first-order chi connectivity index (χ1) is 12.4. The molecule has 1 aromatic carbocycles. The van der Waals surface area contributed by atoms with Gasteiger partial charge in [0.15, 0.2) is 0 Å². The number of allylic oxidation sites excluding steroid dienone is 2. The number of benzene rings is 1. The van der Waals surface area contributed by atoms with Crippen molar-refractivity contribution in [3.05, 3.63) is 61.8 Å². The van der Waals surface area contributed by atoms with Crippen molar-refractivity contribution < 1.29 is 19.9 Å². The molecule has 2 heterocycles. The maximum Gasteiger partial charge on any atom is 0.334 e. The van der Waals surface area contributed by atoms with Gasteiger partial charge in [-0.05, 0) is 12.5 Å². The molecule has 0 radical (unpaired) electrons. The van der Waals surface area contributed by atoms with Crippen molar-refractivity contribution >= 4 is 35.2 Å². The highest BCUT2D eigenvalue weighted by atomic mass is 32.2. The van der Waals surface area contributed by atoms with Crippen LogP contribution in [0.4, 0.5) is 5.69 Å². The van der Waals surface area contributed by atoms with Crippen LogP contribution < -0.4 is 5.32 Å². The first-order valence-corrected chi connectivity index (χ1v) is 9.99. The Kier molecular flexibility index (Phi) is 5.59. The summed E-state index contributed by atoms with van der Waals surface area (Å²) >= 11 is 3.13. The average Bonchev–Trinajstić information content (AvgIpc) is 2.82. The molecule has 2 aliphatic heterocycles. The van der Waals surface area contributed by atoms with Crippen molar-refractivity contribution in [1.29, 1.82) is 0 Å². The van der Waals surface area contributed by atoms with Crippen molar-refractivity contribution in [2.75, 3.05) is 18.1 Å². The number of nitrogens with zero attached hydrogens (tertiary/aromatic N) is 1. The number of nitro groups is 1. The Morgan fingerprint density at radius 2 is 2.23 bits per heavy atom. The number of carboxylic acid groups (broad SMARTS) is 1. The summed E-state index contributed by atoms with van der Waals surface area (Å²) in [4.78, 5) is 23.5. The molecule has 26 heavy (non-hydrogen) atoms. The van der Waals surface area contributed by atoms with Gasteiger partial charge in [0.05, 0.1) is 23.0 Å². The van der Waals surface area contributed by atoms with Crippen LogP contribution in [-0.4, -0.2) is 44.5 Å². The minimum Gasteiger partial charge on any atom is -0.478 e. The SMILES string of the molecule is CC1=C(C(=O)O)C(c2cccc([N+](=O)[O-])c2)C2=C(CSC(CO)CS2)N1. The molecule has 7 nitrogen and oxygen atoms in total. The summed E-state index contributed by atoms with van der Waals surface area (Å²) in [5, 5.41) is 33.6. The zero-order valence-electron chi connectivity index (χ0n) is 14.0. The number of carbonyl (C=O) groups is 1. The van der Waals surface area contributed by atoms with Crippen LogP contribution in [0.5, 0.6) is 0 Å². The van der Waals surface area contributed by atoms with Crippen LogP contribution in [-0.2, 0) is 4.79 Å². The van der Waals surface area contributed by atoms with Crippen LogP contribution in [0, 0.1) is 10.1 Å². The molecule has 0 bridgehead atoms. The lowest BCUT2D eigenvalue weighted by atomic mass is 9.86. The molecule has 1 aromatic rings. The van der Waals surface area contributed by atoms with E-state index in [4.69, 9.17) is 0 Å². The molecule has 2 unspecified atom stereocenters. The van der Waals surface area contributed by atoms with Gasteiger partial charge in [-0.15, -0.1) is 23.5 Å². The molecule has 0 saturated carbocycles. The molecule has 0 aliphatic carbocycles. The Balaban J connectivity index is 2.10. The van der Waals surface area contributed by atoms with E-state index in [1.165, 1.54) is 23.9 Å². The van der Waals surface area contributed by atoms with Crippen LogP contribution in [0.15, 0.2) is 46.1 Å². The van der Waals surface area contributed by atoms with Gasteiger partial charge in [-0.25, -0.2) is 4.79 Å². The van der Waals surface area contributed by atoms with Gasteiger partial charge in [0.25, 0.3) is 5.69 Å². The van der Waals surface area contributed by atoms with Crippen molar-refractivity contribution in [3.63, 3.8) is 0 Å². The van der Waals surface area contributed by atoms with E-state index in [2.05, 4.69) is 5.32 Å². The smallest absolute Gasteiger partial charge is 0.334 e. The van der Waals surface area contributed by atoms with E-state index < -0.39 is 16.8 Å². The molecule has 2 atom stereocenters. The number of rotatable bonds is 4. The van der Waals surface area contributed by atoms with Crippen LogP contribution >= 0.6 is 23.5 Å². The van der Waals surface area contributed by atoms with Gasteiger partial charge in [-0.1, -0.05) is 12.1 Å². The maximum absolute atomic E-state index is 11.9. The van der Waals surface area contributed by atoms with E-state index in [1.807, 2.05) is 0 Å². The van der Waals surface area contributed by atoms with E-state index in [9.17, 15) is 25.1 Å². The quantitative estimate of drug-likeness (QED) is 0.528. The molecule has 0 saturated heterocycles. The lowest BCUT2D eigenvalue weighted by molar-refractivity contribution is -0.384. The number of nitrogens with one attached hydrogen (secondary N) is 1. The van der Waals surface area contributed by atoms with Gasteiger partial charge in [-0.3, -0.25) is 10.1 Å². The first-order valence-electron chi connectivity index (χ1n) is 7.96. The lowest BCUT2D eigenvalue weighted by Gasteiger charge is -2.30. The lowest BCUT2D eigenvalue weighted by Crippen LogP contribution is -2.28.